The van der Waals surface area contributed by atoms with Crippen LogP contribution in [0.3, 0.4) is 0 Å². The van der Waals surface area contributed by atoms with E-state index in [1.54, 1.807) is 20.8 Å². The minimum Gasteiger partial charge on any atom is -0.444 e. The largest absolute Gasteiger partial charge is 0.444 e. The van der Waals surface area contributed by atoms with E-state index in [-0.39, 0.29) is 12.0 Å². The minimum atomic E-state index is -0.524. The predicted octanol–water partition coefficient (Wildman–Crippen LogP) is 1.54. The third kappa shape index (κ3) is 3.96. The zero-order valence-corrected chi connectivity index (χ0v) is 10.2. The Balaban J connectivity index is 2.55. The van der Waals surface area contributed by atoms with Gasteiger partial charge in [-0.05, 0) is 27.2 Å². The molecule has 1 heterocycles. The van der Waals surface area contributed by atoms with Gasteiger partial charge in [0.05, 0.1) is 6.67 Å². The van der Waals surface area contributed by atoms with Crippen LogP contribution in [0.1, 0.15) is 27.2 Å². The molecule has 1 aliphatic heterocycles. The van der Waals surface area contributed by atoms with Gasteiger partial charge in [0, 0.05) is 25.0 Å². The van der Waals surface area contributed by atoms with Gasteiger partial charge in [0.2, 0.25) is 0 Å². The number of halogens is 1. The molecule has 0 aromatic rings. The fourth-order valence-corrected chi connectivity index (χ4v) is 1.83. The molecule has 1 rings (SSSR count). The first-order valence-corrected chi connectivity index (χ1v) is 5.61. The van der Waals surface area contributed by atoms with Gasteiger partial charge < -0.3 is 15.4 Å². The van der Waals surface area contributed by atoms with Gasteiger partial charge in [0.25, 0.3) is 0 Å². The highest BCUT2D eigenvalue weighted by atomic mass is 19.1. The summed E-state index contributed by atoms with van der Waals surface area (Å²) in [5, 5.41) is 0. The van der Waals surface area contributed by atoms with Crippen molar-refractivity contribution in [1.29, 1.82) is 0 Å². The van der Waals surface area contributed by atoms with E-state index in [0.29, 0.717) is 19.5 Å². The third-order valence-electron chi connectivity index (χ3n) is 2.44. The Morgan fingerprint density at radius 3 is 2.62 bits per heavy atom. The van der Waals surface area contributed by atoms with E-state index in [1.807, 2.05) is 0 Å². The molecule has 94 valence electrons. The minimum absolute atomic E-state index is 0.151. The lowest BCUT2D eigenvalue weighted by molar-refractivity contribution is 0.0131. The van der Waals surface area contributed by atoms with Crippen LogP contribution < -0.4 is 5.73 Å². The number of hydrogen-bond acceptors (Lipinski definition) is 3. The Bertz CT molecular complexity index is 253. The summed E-state index contributed by atoms with van der Waals surface area (Å²) >= 11 is 0. The fourth-order valence-electron chi connectivity index (χ4n) is 1.83. The predicted molar refractivity (Wildman–Crippen MR) is 59.9 cm³/mol. The number of nitrogens with two attached hydrogens (primary N) is 1. The van der Waals surface area contributed by atoms with Crippen LogP contribution in [0.25, 0.3) is 0 Å². The number of carbonyl (C=O) groups is 1. The molecule has 16 heavy (non-hydrogen) atoms. The number of rotatable bonds is 1. The number of piperidine rings is 1. The van der Waals surface area contributed by atoms with Crippen LogP contribution in [0.5, 0.6) is 0 Å². The van der Waals surface area contributed by atoms with E-state index >= 15 is 0 Å². The van der Waals surface area contributed by atoms with E-state index in [0.717, 1.165) is 0 Å². The van der Waals surface area contributed by atoms with E-state index in [4.69, 9.17) is 10.5 Å². The van der Waals surface area contributed by atoms with Gasteiger partial charge in [-0.3, -0.25) is 4.39 Å². The molecule has 0 saturated carbocycles. The molecule has 0 spiro atoms. The van der Waals surface area contributed by atoms with Crippen molar-refractivity contribution < 1.29 is 13.9 Å². The maximum atomic E-state index is 12.6. The fraction of sp³-hybridized carbons (Fsp3) is 0.909. The van der Waals surface area contributed by atoms with Crippen molar-refractivity contribution in [3.63, 3.8) is 0 Å². The number of likely N-dealkylation sites (tertiary alicyclic amines) is 1. The molecule has 0 radical (unpaired) electrons. The van der Waals surface area contributed by atoms with Crippen molar-refractivity contribution in [1.82, 2.24) is 4.90 Å². The standard InChI is InChI=1S/C11H21FN2O2/c1-11(2,3)16-10(15)14-6-8(5-12)4-9(13)7-14/h8-9H,4-7,13H2,1-3H3. The highest BCUT2D eigenvalue weighted by Crippen LogP contribution is 2.19. The summed E-state index contributed by atoms with van der Waals surface area (Å²) in [6.07, 6.45) is 0.233. The number of ether oxygens (including phenoxy) is 1. The summed E-state index contributed by atoms with van der Waals surface area (Å²) in [5.74, 6) is -0.156. The lowest BCUT2D eigenvalue weighted by Crippen LogP contribution is -2.51. The zero-order chi connectivity index (χ0) is 12.3. The summed E-state index contributed by atoms with van der Waals surface area (Å²) in [4.78, 5) is 13.3. The lowest BCUT2D eigenvalue weighted by atomic mass is 9.96. The van der Waals surface area contributed by atoms with Crippen molar-refractivity contribution in [3.05, 3.63) is 0 Å². The maximum absolute atomic E-state index is 12.6. The smallest absolute Gasteiger partial charge is 0.410 e. The summed E-state index contributed by atoms with van der Waals surface area (Å²) in [6, 6.07) is -0.151. The second-order valence-corrected chi connectivity index (χ2v) is 5.40. The molecular formula is C11H21FN2O2. The van der Waals surface area contributed by atoms with E-state index < -0.39 is 18.4 Å². The van der Waals surface area contributed by atoms with Gasteiger partial charge in [-0.2, -0.15) is 0 Å². The zero-order valence-electron chi connectivity index (χ0n) is 10.2. The Morgan fingerprint density at radius 1 is 1.50 bits per heavy atom. The summed E-state index contributed by atoms with van der Waals surface area (Å²) in [7, 11) is 0. The third-order valence-corrected chi connectivity index (χ3v) is 2.44. The second-order valence-electron chi connectivity index (χ2n) is 5.40. The molecule has 1 amide bonds. The van der Waals surface area contributed by atoms with Crippen LogP contribution in [-0.4, -0.2) is 42.4 Å². The van der Waals surface area contributed by atoms with Crippen molar-refractivity contribution >= 4 is 6.09 Å². The molecule has 0 aliphatic carbocycles. The molecular weight excluding hydrogens is 211 g/mol. The van der Waals surface area contributed by atoms with Crippen LogP contribution in [0.15, 0.2) is 0 Å². The van der Waals surface area contributed by atoms with Crippen molar-refractivity contribution in [3.8, 4) is 0 Å². The van der Waals surface area contributed by atoms with Crippen LogP contribution in [0, 0.1) is 5.92 Å². The van der Waals surface area contributed by atoms with E-state index in [9.17, 15) is 9.18 Å². The molecule has 1 saturated heterocycles. The van der Waals surface area contributed by atoms with Crippen molar-refractivity contribution in [2.24, 2.45) is 11.7 Å². The van der Waals surface area contributed by atoms with Crippen molar-refractivity contribution in [2.45, 2.75) is 38.8 Å². The van der Waals surface area contributed by atoms with Crippen LogP contribution in [-0.2, 0) is 4.74 Å². The molecule has 2 N–H and O–H groups in total. The normalized spacial score (nSPS) is 26.7. The topological polar surface area (TPSA) is 55.6 Å². The number of alkyl halides is 1. The molecule has 5 heteroatoms. The molecule has 0 aromatic heterocycles. The Kier molecular flexibility index (Phi) is 4.13. The Labute approximate surface area is 95.9 Å². The average Bonchev–Trinajstić information content (AvgIpc) is 2.14. The monoisotopic (exact) mass is 232 g/mol. The van der Waals surface area contributed by atoms with Crippen LogP contribution in [0.4, 0.5) is 9.18 Å². The first-order valence-electron chi connectivity index (χ1n) is 5.61. The summed E-state index contributed by atoms with van der Waals surface area (Å²) in [6.45, 7) is 5.84. The van der Waals surface area contributed by atoms with Gasteiger partial charge in [0.15, 0.2) is 0 Å². The van der Waals surface area contributed by atoms with Crippen LogP contribution >= 0.6 is 0 Å². The van der Waals surface area contributed by atoms with E-state index in [2.05, 4.69) is 0 Å². The highest BCUT2D eigenvalue weighted by Gasteiger charge is 2.30. The highest BCUT2D eigenvalue weighted by molar-refractivity contribution is 5.68. The molecule has 0 bridgehead atoms. The van der Waals surface area contributed by atoms with Crippen molar-refractivity contribution in [2.75, 3.05) is 19.8 Å². The first kappa shape index (κ1) is 13.2. The second kappa shape index (κ2) is 4.99. The number of amides is 1. The number of nitrogens with zero attached hydrogens (tertiary/aromatic N) is 1. The molecule has 1 fully saturated rings. The summed E-state index contributed by atoms with van der Waals surface area (Å²) < 4.78 is 17.8. The Morgan fingerprint density at radius 2 is 2.12 bits per heavy atom. The average molecular weight is 232 g/mol. The first-order chi connectivity index (χ1) is 7.31. The molecule has 4 nitrogen and oxygen atoms in total. The van der Waals surface area contributed by atoms with Crippen LogP contribution in [0.2, 0.25) is 0 Å². The molecule has 2 atom stereocenters. The molecule has 2 unspecified atom stereocenters. The van der Waals surface area contributed by atoms with Gasteiger partial charge in [-0.15, -0.1) is 0 Å². The Hall–Kier alpha value is -0.840. The lowest BCUT2D eigenvalue weighted by Gasteiger charge is -2.36. The van der Waals surface area contributed by atoms with E-state index in [1.165, 1.54) is 4.90 Å². The summed E-state index contributed by atoms with van der Waals surface area (Å²) in [5.41, 5.74) is 5.25. The molecule has 0 aromatic carbocycles. The quantitative estimate of drug-likeness (QED) is 0.746. The van der Waals surface area contributed by atoms with Gasteiger partial charge in [-0.25, -0.2) is 4.79 Å². The van der Waals surface area contributed by atoms with Gasteiger partial charge >= 0.3 is 6.09 Å². The number of carbonyl (C=O) groups excluding carboxylic acids is 1. The SMILES string of the molecule is CC(C)(C)OC(=O)N1CC(N)CC(CF)C1. The molecule has 1 aliphatic rings. The maximum Gasteiger partial charge on any atom is 0.410 e. The van der Waals surface area contributed by atoms with Gasteiger partial charge in [0.1, 0.15) is 5.60 Å². The number of hydrogen-bond donors (Lipinski definition) is 1. The van der Waals surface area contributed by atoms with Gasteiger partial charge in [-0.1, -0.05) is 0 Å².